The Morgan fingerprint density at radius 2 is 1.76 bits per heavy atom. The number of rotatable bonds is 9. The van der Waals surface area contributed by atoms with Crippen LogP contribution in [0.25, 0.3) is 0 Å². The molecule has 1 aromatic carbocycles. The molecule has 1 aliphatic heterocycles. The van der Waals surface area contributed by atoms with Crippen molar-refractivity contribution in [1.82, 2.24) is 4.90 Å². The zero-order chi connectivity index (χ0) is 14.9. The largest absolute Gasteiger partial charge is 0.383 e. The Morgan fingerprint density at radius 1 is 1.05 bits per heavy atom. The Bertz CT molecular complexity index is 379. The molecular formula is C19H32N2. The molecular weight excluding hydrogens is 256 g/mol. The molecule has 0 aromatic heterocycles. The average Bonchev–Trinajstić information content (AvgIpc) is 2.99. The van der Waals surface area contributed by atoms with Gasteiger partial charge in [-0.25, -0.2) is 0 Å². The highest BCUT2D eigenvalue weighted by atomic mass is 15.1. The van der Waals surface area contributed by atoms with Crippen LogP contribution in [0.3, 0.4) is 0 Å². The van der Waals surface area contributed by atoms with Crippen LogP contribution in [-0.4, -0.2) is 24.0 Å². The Kier molecular flexibility index (Phi) is 7.08. The van der Waals surface area contributed by atoms with Crippen LogP contribution in [0, 0.1) is 0 Å². The molecule has 1 aliphatic rings. The van der Waals surface area contributed by atoms with Crippen molar-refractivity contribution < 1.29 is 0 Å². The fourth-order valence-corrected chi connectivity index (χ4v) is 3.14. The first-order valence-electron chi connectivity index (χ1n) is 8.85. The quantitative estimate of drug-likeness (QED) is 0.639. The maximum absolute atomic E-state index is 3.63. The minimum atomic E-state index is 0.575. The van der Waals surface area contributed by atoms with E-state index in [2.05, 4.69) is 48.3 Å². The molecule has 1 atom stereocenters. The Hall–Kier alpha value is -1.02. The monoisotopic (exact) mass is 288 g/mol. The van der Waals surface area contributed by atoms with E-state index in [1.165, 1.54) is 69.3 Å². The van der Waals surface area contributed by atoms with Crippen LogP contribution in [0.2, 0.25) is 0 Å². The van der Waals surface area contributed by atoms with E-state index in [1.54, 1.807) is 0 Å². The molecule has 118 valence electrons. The van der Waals surface area contributed by atoms with Gasteiger partial charge in [-0.1, -0.05) is 44.7 Å². The SMILES string of the molecule is CCCCCCC(C)Nc1ccc(CN2CCCC2)cc1. The van der Waals surface area contributed by atoms with Crippen LogP contribution in [-0.2, 0) is 6.54 Å². The highest BCUT2D eigenvalue weighted by Crippen LogP contribution is 2.17. The maximum atomic E-state index is 3.63. The van der Waals surface area contributed by atoms with Gasteiger partial charge < -0.3 is 5.32 Å². The van der Waals surface area contributed by atoms with E-state index >= 15 is 0 Å². The predicted molar refractivity (Wildman–Crippen MR) is 92.8 cm³/mol. The first-order chi connectivity index (χ1) is 10.3. The lowest BCUT2D eigenvalue weighted by atomic mass is 10.1. The van der Waals surface area contributed by atoms with Crippen molar-refractivity contribution >= 4 is 5.69 Å². The number of nitrogens with zero attached hydrogens (tertiary/aromatic N) is 1. The van der Waals surface area contributed by atoms with Gasteiger partial charge in [0.2, 0.25) is 0 Å². The maximum Gasteiger partial charge on any atom is 0.0342 e. The van der Waals surface area contributed by atoms with Gasteiger partial charge in [0.25, 0.3) is 0 Å². The third-order valence-corrected chi connectivity index (χ3v) is 4.46. The summed E-state index contributed by atoms with van der Waals surface area (Å²) >= 11 is 0. The molecule has 1 saturated heterocycles. The van der Waals surface area contributed by atoms with Gasteiger partial charge in [0, 0.05) is 18.3 Å². The summed E-state index contributed by atoms with van der Waals surface area (Å²) in [4.78, 5) is 2.55. The summed E-state index contributed by atoms with van der Waals surface area (Å²) < 4.78 is 0. The van der Waals surface area contributed by atoms with Crippen LogP contribution in [0.5, 0.6) is 0 Å². The van der Waals surface area contributed by atoms with Crippen molar-refractivity contribution in [3.63, 3.8) is 0 Å². The lowest BCUT2D eigenvalue weighted by Gasteiger charge is -2.17. The molecule has 2 heteroatoms. The standard InChI is InChI=1S/C19H32N2/c1-3-4-5-6-9-17(2)20-19-12-10-18(11-13-19)16-21-14-7-8-15-21/h10-13,17,20H,3-9,14-16H2,1-2H3. The molecule has 21 heavy (non-hydrogen) atoms. The second-order valence-corrected chi connectivity index (χ2v) is 6.57. The number of nitrogens with one attached hydrogen (secondary N) is 1. The summed E-state index contributed by atoms with van der Waals surface area (Å²) in [6, 6.07) is 9.63. The minimum Gasteiger partial charge on any atom is -0.383 e. The Labute approximate surface area is 130 Å². The molecule has 0 amide bonds. The van der Waals surface area contributed by atoms with Crippen molar-refractivity contribution in [1.29, 1.82) is 0 Å². The highest BCUT2D eigenvalue weighted by Gasteiger charge is 2.11. The van der Waals surface area contributed by atoms with Gasteiger partial charge in [-0.05, 0) is 57.0 Å². The van der Waals surface area contributed by atoms with Gasteiger partial charge in [-0.3, -0.25) is 4.90 Å². The third-order valence-electron chi connectivity index (χ3n) is 4.46. The molecule has 1 aromatic rings. The van der Waals surface area contributed by atoms with Crippen molar-refractivity contribution in [2.24, 2.45) is 0 Å². The van der Waals surface area contributed by atoms with Crippen LogP contribution in [0.4, 0.5) is 5.69 Å². The van der Waals surface area contributed by atoms with Gasteiger partial charge in [-0.15, -0.1) is 0 Å². The lowest BCUT2D eigenvalue weighted by molar-refractivity contribution is 0.331. The molecule has 1 unspecified atom stereocenters. The molecule has 2 nitrogen and oxygen atoms in total. The molecule has 2 rings (SSSR count). The van der Waals surface area contributed by atoms with E-state index in [0.29, 0.717) is 6.04 Å². The minimum absolute atomic E-state index is 0.575. The molecule has 0 radical (unpaired) electrons. The third kappa shape index (κ3) is 6.09. The van der Waals surface area contributed by atoms with Crippen molar-refractivity contribution in [2.45, 2.75) is 71.4 Å². The highest BCUT2D eigenvalue weighted by molar-refractivity contribution is 5.45. The van der Waals surface area contributed by atoms with E-state index < -0.39 is 0 Å². The summed E-state index contributed by atoms with van der Waals surface area (Å²) in [5.41, 5.74) is 2.71. The average molecular weight is 288 g/mol. The zero-order valence-electron chi connectivity index (χ0n) is 13.9. The summed E-state index contributed by atoms with van der Waals surface area (Å²) in [5.74, 6) is 0. The topological polar surface area (TPSA) is 15.3 Å². The molecule has 0 aliphatic carbocycles. The van der Waals surface area contributed by atoms with Crippen molar-refractivity contribution in [3.8, 4) is 0 Å². The number of unbranched alkanes of at least 4 members (excludes halogenated alkanes) is 3. The predicted octanol–water partition coefficient (Wildman–Crippen LogP) is 5.05. The molecule has 1 N–H and O–H groups in total. The van der Waals surface area contributed by atoms with E-state index in [9.17, 15) is 0 Å². The smallest absolute Gasteiger partial charge is 0.0342 e. The fourth-order valence-electron chi connectivity index (χ4n) is 3.14. The number of benzene rings is 1. The van der Waals surface area contributed by atoms with E-state index in [4.69, 9.17) is 0 Å². The van der Waals surface area contributed by atoms with Gasteiger partial charge in [-0.2, -0.15) is 0 Å². The molecule has 0 bridgehead atoms. The number of likely N-dealkylation sites (tertiary alicyclic amines) is 1. The molecule has 0 saturated carbocycles. The van der Waals surface area contributed by atoms with E-state index in [-0.39, 0.29) is 0 Å². The second-order valence-electron chi connectivity index (χ2n) is 6.57. The van der Waals surface area contributed by atoms with Gasteiger partial charge in [0.15, 0.2) is 0 Å². The first kappa shape index (κ1) is 16.4. The van der Waals surface area contributed by atoms with Crippen LogP contribution in [0.15, 0.2) is 24.3 Å². The fraction of sp³-hybridized carbons (Fsp3) is 0.684. The molecule has 0 spiro atoms. The lowest BCUT2D eigenvalue weighted by Crippen LogP contribution is -2.18. The second kappa shape index (κ2) is 9.09. The summed E-state index contributed by atoms with van der Waals surface area (Å²) in [5, 5.41) is 3.63. The molecule has 1 heterocycles. The summed E-state index contributed by atoms with van der Waals surface area (Å²) in [6.45, 7) is 8.23. The van der Waals surface area contributed by atoms with Crippen LogP contribution < -0.4 is 5.32 Å². The number of hydrogen-bond donors (Lipinski definition) is 1. The number of hydrogen-bond acceptors (Lipinski definition) is 2. The van der Waals surface area contributed by atoms with Gasteiger partial charge >= 0.3 is 0 Å². The van der Waals surface area contributed by atoms with Gasteiger partial charge in [0.05, 0.1) is 0 Å². The molecule has 1 fully saturated rings. The first-order valence-corrected chi connectivity index (χ1v) is 8.85. The van der Waals surface area contributed by atoms with Crippen molar-refractivity contribution in [2.75, 3.05) is 18.4 Å². The Balaban J connectivity index is 1.71. The summed E-state index contributed by atoms with van der Waals surface area (Å²) in [7, 11) is 0. The van der Waals surface area contributed by atoms with Crippen LogP contribution >= 0.6 is 0 Å². The van der Waals surface area contributed by atoms with E-state index in [1.807, 2.05) is 0 Å². The van der Waals surface area contributed by atoms with Crippen molar-refractivity contribution in [3.05, 3.63) is 29.8 Å². The Morgan fingerprint density at radius 3 is 2.43 bits per heavy atom. The van der Waals surface area contributed by atoms with E-state index in [0.717, 1.165) is 6.54 Å². The number of anilines is 1. The van der Waals surface area contributed by atoms with Crippen LogP contribution in [0.1, 0.15) is 64.4 Å². The van der Waals surface area contributed by atoms with Gasteiger partial charge in [0.1, 0.15) is 0 Å². The summed E-state index contributed by atoms with van der Waals surface area (Å²) in [6.07, 6.45) is 9.42. The zero-order valence-corrected chi connectivity index (χ0v) is 13.9. The normalized spacial score (nSPS) is 17.0.